The molecular weight excluding hydrogens is 326 g/mol. The number of para-hydroxylation sites is 1. The average Bonchev–Trinajstić information content (AvgIpc) is 2.96. The first-order valence-corrected chi connectivity index (χ1v) is 9.59. The van der Waals surface area contributed by atoms with Crippen molar-refractivity contribution in [1.29, 1.82) is 0 Å². The summed E-state index contributed by atoms with van der Waals surface area (Å²) in [6.07, 6.45) is 9.23. The molecule has 0 aliphatic carbocycles. The van der Waals surface area contributed by atoms with Crippen LogP contribution < -0.4 is 5.01 Å². The van der Waals surface area contributed by atoms with E-state index in [1.54, 1.807) is 0 Å². The number of hydrogen-bond acceptors (Lipinski definition) is 5. The first kappa shape index (κ1) is 16.7. The maximum Gasteiger partial charge on any atom is 0.264 e. The van der Waals surface area contributed by atoms with E-state index in [-0.39, 0.29) is 5.75 Å². The molecule has 2 aliphatic heterocycles. The van der Waals surface area contributed by atoms with Gasteiger partial charge in [0.2, 0.25) is 0 Å². The number of hydrogen-bond donors (Lipinski definition) is 1. The minimum absolute atomic E-state index is 0.205. The van der Waals surface area contributed by atoms with Gasteiger partial charge in [-0.05, 0) is 42.3 Å². The Labute approximate surface area is 142 Å². The highest BCUT2D eigenvalue weighted by molar-refractivity contribution is 7.85. The van der Waals surface area contributed by atoms with E-state index in [1.807, 2.05) is 34.5 Å². The molecule has 1 aromatic carbocycles. The third-order valence-electron chi connectivity index (χ3n) is 4.10. The topological polar surface area (TPSA) is 73.2 Å². The summed E-state index contributed by atoms with van der Waals surface area (Å²) in [5, 5.41) is 6.58. The molecule has 0 radical (unpaired) electrons. The zero-order valence-electron chi connectivity index (χ0n) is 13.4. The molecular formula is C17H21N3O3S. The Morgan fingerprint density at radius 2 is 2.12 bits per heavy atom. The lowest BCUT2D eigenvalue weighted by Crippen LogP contribution is -2.23. The van der Waals surface area contributed by atoms with Crippen molar-refractivity contribution in [3.8, 4) is 0 Å². The number of allylic oxidation sites excluding steroid dienone is 2. The molecule has 0 atom stereocenters. The van der Waals surface area contributed by atoms with Crippen molar-refractivity contribution in [2.45, 2.75) is 12.8 Å². The van der Waals surface area contributed by atoms with Crippen LogP contribution in [0.25, 0.3) is 0 Å². The van der Waals surface area contributed by atoms with Gasteiger partial charge in [0.05, 0.1) is 17.7 Å². The fourth-order valence-corrected chi connectivity index (χ4v) is 3.33. The summed E-state index contributed by atoms with van der Waals surface area (Å²) >= 11 is 0. The molecule has 1 aromatic rings. The first-order valence-electron chi connectivity index (χ1n) is 7.98. The van der Waals surface area contributed by atoms with Crippen LogP contribution in [-0.2, 0) is 16.5 Å². The van der Waals surface area contributed by atoms with E-state index in [9.17, 15) is 8.42 Å². The highest BCUT2D eigenvalue weighted by atomic mass is 32.2. The molecule has 0 aromatic heterocycles. The van der Waals surface area contributed by atoms with E-state index in [0.717, 1.165) is 18.5 Å². The third-order valence-corrected chi connectivity index (χ3v) is 4.90. The summed E-state index contributed by atoms with van der Waals surface area (Å²) in [7, 11) is -3.87. The van der Waals surface area contributed by atoms with Gasteiger partial charge in [0.15, 0.2) is 0 Å². The van der Waals surface area contributed by atoms with Gasteiger partial charge in [0.25, 0.3) is 10.1 Å². The number of fused-ring (bicyclic) bond motifs is 1. The van der Waals surface area contributed by atoms with Crippen molar-refractivity contribution >= 4 is 22.0 Å². The molecule has 6 nitrogen and oxygen atoms in total. The van der Waals surface area contributed by atoms with Gasteiger partial charge in [0.1, 0.15) is 0 Å². The van der Waals surface area contributed by atoms with Crippen LogP contribution in [0.4, 0.5) is 5.69 Å². The molecule has 3 rings (SSSR count). The lowest BCUT2D eigenvalue weighted by Gasteiger charge is -2.21. The minimum Gasteiger partial charge on any atom is -0.374 e. The Hall–Kier alpha value is -2.12. The third kappa shape index (κ3) is 4.46. The molecule has 128 valence electrons. The van der Waals surface area contributed by atoms with Crippen LogP contribution in [0, 0.1) is 0 Å². The second-order valence-electron chi connectivity index (χ2n) is 5.90. The molecule has 0 saturated heterocycles. The second kappa shape index (κ2) is 7.19. The molecule has 1 N–H and O–H groups in total. The van der Waals surface area contributed by atoms with Gasteiger partial charge in [0, 0.05) is 19.6 Å². The van der Waals surface area contributed by atoms with Gasteiger partial charge in [-0.25, -0.2) is 0 Å². The highest BCUT2D eigenvalue weighted by Crippen LogP contribution is 2.27. The first-order chi connectivity index (χ1) is 11.5. The molecule has 0 saturated carbocycles. The molecule has 0 bridgehead atoms. The van der Waals surface area contributed by atoms with Gasteiger partial charge in [-0.15, -0.1) is 0 Å². The van der Waals surface area contributed by atoms with Crippen LogP contribution in [0.15, 0.2) is 53.3 Å². The quantitative estimate of drug-likeness (QED) is 0.630. The predicted octanol–water partition coefficient (Wildman–Crippen LogP) is 2.07. The van der Waals surface area contributed by atoms with E-state index in [2.05, 4.69) is 29.4 Å². The van der Waals surface area contributed by atoms with Gasteiger partial charge in [-0.3, -0.25) is 9.56 Å². The largest absolute Gasteiger partial charge is 0.374 e. The molecule has 0 amide bonds. The van der Waals surface area contributed by atoms with E-state index < -0.39 is 10.1 Å². The fraction of sp³-hybridized carbons (Fsp3) is 0.353. The minimum atomic E-state index is -3.87. The molecule has 24 heavy (non-hydrogen) atoms. The Morgan fingerprint density at radius 1 is 1.29 bits per heavy atom. The zero-order chi connectivity index (χ0) is 17.0. The lowest BCUT2D eigenvalue weighted by atomic mass is 10.2. The van der Waals surface area contributed by atoms with Gasteiger partial charge >= 0.3 is 0 Å². The smallest absolute Gasteiger partial charge is 0.264 e. The Kier molecular flexibility index (Phi) is 5.01. The van der Waals surface area contributed by atoms with Crippen molar-refractivity contribution < 1.29 is 13.0 Å². The molecule has 0 spiro atoms. The number of hydrazone groups is 1. The van der Waals surface area contributed by atoms with Gasteiger partial charge in [-0.2, -0.15) is 13.5 Å². The summed E-state index contributed by atoms with van der Waals surface area (Å²) in [5.41, 5.74) is 3.53. The van der Waals surface area contributed by atoms with E-state index in [0.29, 0.717) is 19.5 Å². The molecule has 0 fully saturated rings. The SMILES string of the molecule is O=S(=O)(O)CCCN1C=CC(C=NN2CCc3ccccc32)=CC1. The van der Waals surface area contributed by atoms with Crippen LogP contribution in [0.3, 0.4) is 0 Å². The maximum atomic E-state index is 10.7. The molecule has 2 aliphatic rings. The summed E-state index contributed by atoms with van der Waals surface area (Å²) < 4.78 is 30.2. The summed E-state index contributed by atoms with van der Waals surface area (Å²) in [6, 6.07) is 8.29. The summed E-state index contributed by atoms with van der Waals surface area (Å²) in [6.45, 7) is 2.20. The number of rotatable bonds is 6. The Morgan fingerprint density at radius 3 is 2.88 bits per heavy atom. The van der Waals surface area contributed by atoms with Gasteiger partial charge < -0.3 is 4.90 Å². The van der Waals surface area contributed by atoms with Gasteiger partial charge in [-0.1, -0.05) is 24.3 Å². The van der Waals surface area contributed by atoms with Crippen LogP contribution in [0.5, 0.6) is 0 Å². The Bertz CT molecular complexity index is 784. The van der Waals surface area contributed by atoms with Crippen molar-refractivity contribution in [2.24, 2.45) is 5.10 Å². The number of nitrogens with zero attached hydrogens (tertiary/aromatic N) is 3. The van der Waals surface area contributed by atoms with Crippen LogP contribution in [0.1, 0.15) is 12.0 Å². The molecule has 2 heterocycles. The number of anilines is 1. The predicted molar refractivity (Wildman–Crippen MR) is 95.8 cm³/mol. The fourth-order valence-electron chi connectivity index (χ4n) is 2.83. The van der Waals surface area contributed by atoms with Crippen LogP contribution >= 0.6 is 0 Å². The zero-order valence-corrected chi connectivity index (χ0v) is 14.2. The van der Waals surface area contributed by atoms with Crippen molar-refractivity contribution in [3.63, 3.8) is 0 Å². The normalized spacial score (nSPS) is 17.5. The van der Waals surface area contributed by atoms with Crippen molar-refractivity contribution in [2.75, 3.05) is 30.4 Å². The summed E-state index contributed by atoms with van der Waals surface area (Å²) in [5.74, 6) is -0.205. The monoisotopic (exact) mass is 347 g/mol. The molecule has 0 unspecified atom stereocenters. The van der Waals surface area contributed by atoms with E-state index >= 15 is 0 Å². The standard InChI is InChI=1S/C17H21N3O3S/c21-24(22,23)13-3-9-19-10-6-15(7-11-19)14-18-20-12-8-16-4-1-2-5-17(16)20/h1-2,4-7,10,14H,3,8-9,11-13H2,(H,21,22,23). The van der Waals surface area contributed by atoms with Crippen LogP contribution in [0.2, 0.25) is 0 Å². The maximum absolute atomic E-state index is 10.7. The summed E-state index contributed by atoms with van der Waals surface area (Å²) in [4.78, 5) is 2.01. The highest BCUT2D eigenvalue weighted by Gasteiger charge is 2.17. The van der Waals surface area contributed by atoms with Crippen molar-refractivity contribution in [1.82, 2.24) is 4.90 Å². The lowest BCUT2D eigenvalue weighted by molar-refractivity contribution is 0.405. The Balaban J connectivity index is 1.51. The number of benzene rings is 1. The average molecular weight is 347 g/mol. The second-order valence-corrected chi connectivity index (χ2v) is 7.47. The van der Waals surface area contributed by atoms with Crippen molar-refractivity contribution in [3.05, 3.63) is 53.8 Å². The molecule has 7 heteroatoms. The van der Waals surface area contributed by atoms with E-state index in [4.69, 9.17) is 4.55 Å². The van der Waals surface area contributed by atoms with Crippen LogP contribution in [-0.4, -0.2) is 49.5 Å². The van der Waals surface area contributed by atoms with E-state index in [1.165, 1.54) is 11.3 Å².